The molecule has 6 nitrogen and oxygen atoms in total. The van der Waals surface area contributed by atoms with E-state index in [1.54, 1.807) is 0 Å². The molecule has 0 spiro atoms. The average molecular weight is 284 g/mol. The first-order valence-electron chi connectivity index (χ1n) is 7.43. The molecule has 116 valence electrons. The maximum atomic E-state index is 11.8. The number of nitrogens with one attached hydrogen (secondary N) is 3. The maximum Gasteiger partial charge on any atom is 0.321 e. The van der Waals surface area contributed by atoms with Gasteiger partial charge in [-0.25, -0.2) is 4.79 Å². The Morgan fingerprint density at radius 3 is 2.40 bits per heavy atom. The van der Waals surface area contributed by atoms with Crippen molar-refractivity contribution in [2.75, 3.05) is 26.2 Å². The van der Waals surface area contributed by atoms with E-state index in [1.807, 2.05) is 0 Å². The van der Waals surface area contributed by atoms with E-state index in [0.717, 1.165) is 19.5 Å². The Hall–Kier alpha value is -1.14. The van der Waals surface area contributed by atoms with Crippen molar-refractivity contribution in [3.05, 3.63) is 0 Å². The minimum Gasteiger partial charge on any atom is -0.338 e. The molecule has 0 aromatic rings. The van der Waals surface area contributed by atoms with Gasteiger partial charge in [0.2, 0.25) is 5.91 Å². The fourth-order valence-corrected chi connectivity index (χ4v) is 2.46. The molecule has 2 atom stereocenters. The lowest BCUT2D eigenvalue weighted by Crippen LogP contribution is -2.56. The van der Waals surface area contributed by atoms with Crippen molar-refractivity contribution >= 4 is 11.9 Å². The molecule has 2 unspecified atom stereocenters. The molecule has 1 fully saturated rings. The van der Waals surface area contributed by atoms with Crippen molar-refractivity contribution < 1.29 is 9.59 Å². The van der Waals surface area contributed by atoms with Gasteiger partial charge in [0.15, 0.2) is 0 Å². The maximum absolute atomic E-state index is 11.8. The number of carbonyl (C=O) groups is 2. The van der Waals surface area contributed by atoms with Crippen LogP contribution in [0.2, 0.25) is 0 Å². The van der Waals surface area contributed by atoms with Crippen molar-refractivity contribution in [2.45, 2.75) is 46.2 Å². The van der Waals surface area contributed by atoms with Gasteiger partial charge >= 0.3 is 6.03 Å². The van der Waals surface area contributed by atoms with Crippen molar-refractivity contribution in [1.29, 1.82) is 0 Å². The molecule has 1 rings (SSSR count). The Bertz CT molecular complexity index is 323. The minimum atomic E-state index is -0.396. The molecule has 1 heterocycles. The first kappa shape index (κ1) is 16.9. The number of urea groups is 1. The van der Waals surface area contributed by atoms with E-state index in [9.17, 15) is 9.59 Å². The second-order valence-corrected chi connectivity index (χ2v) is 6.15. The van der Waals surface area contributed by atoms with Crippen LogP contribution in [0.3, 0.4) is 0 Å². The largest absolute Gasteiger partial charge is 0.338 e. The predicted molar refractivity (Wildman–Crippen MR) is 79.5 cm³/mol. The number of imide groups is 1. The molecular formula is C14H28N4O2. The first-order valence-corrected chi connectivity index (χ1v) is 7.43. The van der Waals surface area contributed by atoms with Crippen molar-refractivity contribution in [2.24, 2.45) is 5.92 Å². The number of rotatable bonds is 5. The molecule has 20 heavy (non-hydrogen) atoms. The molecule has 6 heteroatoms. The Morgan fingerprint density at radius 1 is 1.25 bits per heavy atom. The number of carbonyl (C=O) groups excluding carboxylic acids is 2. The highest BCUT2D eigenvalue weighted by Crippen LogP contribution is 2.03. The summed E-state index contributed by atoms with van der Waals surface area (Å²) in [5, 5.41) is 8.49. The highest BCUT2D eigenvalue weighted by atomic mass is 16.2. The third-order valence-corrected chi connectivity index (χ3v) is 3.26. The molecule has 3 N–H and O–H groups in total. The van der Waals surface area contributed by atoms with E-state index >= 15 is 0 Å². The van der Waals surface area contributed by atoms with E-state index < -0.39 is 6.03 Å². The first-order chi connectivity index (χ1) is 9.36. The molecule has 0 aromatic carbocycles. The van der Waals surface area contributed by atoms with Gasteiger partial charge in [-0.1, -0.05) is 13.8 Å². The van der Waals surface area contributed by atoms with Gasteiger partial charge in [0.05, 0.1) is 6.54 Å². The van der Waals surface area contributed by atoms with Gasteiger partial charge < -0.3 is 10.6 Å². The van der Waals surface area contributed by atoms with Gasteiger partial charge in [-0.3, -0.25) is 15.0 Å². The molecule has 1 aliphatic heterocycles. The van der Waals surface area contributed by atoms with Crippen molar-refractivity contribution in [1.82, 2.24) is 20.9 Å². The summed E-state index contributed by atoms with van der Waals surface area (Å²) in [6, 6.07) is 0.338. The monoisotopic (exact) mass is 284 g/mol. The van der Waals surface area contributed by atoms with Crippen LogP contribution < -0.4 is 16.0 Å². The van der Waals surface area contributed by atoms with Crippen molar-refractivity contribution in [3.8, 4) is 0 Å². The molecule has 3 amide bonds. The quantitative estimate of drug-likeness (QED) is 0.689. The standard InChI is InChI=1S/C14H28N4O2/c1-10(2)5-6-15-14(20)17-13(19)9-18-7-11(3)16-12(4)8-18/h10-12,16H,5-9H2,1-4H3,(H2,15,17,19,20). The lowest BCUT2D eigenvalue weighted by Gasteiger charge is -2.35. The van der Waals surface area contributed by atoms with Crippen LogP contribution in [0.5, 0.6) is 0 Å². The van der Waals surface area contributed by atoms with E-state index in [2.05, 4.69) is 48.5 Å². The molecule has 1 saturated heterocycles. The third-order valence-electron chi connectivity index (χ3n) is 3.26. The second-order valence-electron chi connectivity index (χ2n) is 6.15. The summed E-state index contributed by atoms with van der Waals surface area (Å²) in [6.45, 7) is 10.9. The molecule has 0 bridgehead atoms. The molecule has 0 radical (unpaired) electrons. The topological polar surface area (TPSA) is 73.5 Å². The Morgan fingerprint density at radius 2 is 1.85 bits per heavy atom. The molecule has 0 aromatic heterocycles. The van der Waals surface area contributed by atoms with Gasteiger partial charge in [-0.2, -0.15) is 0 Å². The summed E-state index contributed by atoms with van der Waals surface area (Å²) in [5.74, 6) is 0.295. The average Bonchev–Trinajstić information content (AvgIpc) is 2.25. The fraction of sp³-hybridized carbons (Fsp3) is 0.857. The Balaban J connectivity index is 2.23. The summed E-state index contributed by atoms with van der Waals surface area (Å²) in [4.78, 5) is 25.4. The zero-order valence-electron chi connectivity index (χ0n) is 13.0. The lowest BCUT2D eigenvalue weighted by atomic mass is 10.1. The smallest absolute Gasteiger partial charge is 0.321 e. The van der Waals surface area contributed by atoms with Crippen LogP contribution in [0.15, 0.2) is 0 Å². The highest BCUT2D eigenvalue weighted by Gasteiger charge is 2.22. The number of nitrogens with zero attached hydrogens (tertiary/aromatic N) is 1. The number of amides is 3. The minimum absolute atomic E-state index is 0.242. The normalized spacial score (nSPS) is 23.6. The van der Waals surface area contributed by atoms with Gasteiger partial charge in [-0.05, 0) is 26.2 Å². The van der Waals surface area contributed by atoms with E-state index in [0.29, 0.717) is 24.5 Å². The van der Waals surface area contributed by atoms with Crippen molar-refractivity contribution in [3.63, 3.8) is 0 Å². The van der Waals surface area contributed by atoms with E-state index in [-0.39, 0.29) is 12.5 Å². The summed E-state index contributed by atoms with van der Waals surface area (Å²) >= 11 is 0. The van der Waals surface area contributed by atoms with Gasteiger partial charge in [-0.15, -0.1) is 0 Å². The summed E-state index contributed by atoms with van der Waals surface area (Å²) in [7, 11) is 0. The Labute approximate surface area is 121 Å². The number of hydrogen-bond donors (Lipinski definition) is 3. The van der Waals surface area contributed by atoms with Crippen LogP contribution in [0, 0.1) is 5.92 Å². The predicted octanol–water partition coefficient (Wildman–Crippen LogP) is 0.541. The summed E-state index contributed by atoms with van der Waals surface area (Å²) in [5.41, 5.74) is 0. The molecule has 0 aliphatic carbocycles. The van der Waals surface area contributed by atoms with Gasteiger partial charge in [0.1, 0.15) is 0 Å². The lowest BCUT2D eigenvalue weighted by molar-refractivity contribution is -0.121. The number of hydrogen-bond acceptors (Lipinski definition) is 4. The molecular weight excluding hydrogens is 256 g/mol. The fourth-order valence-electron chi connectivity index (χ4n) is 2.46. The second kappa shape index (κ2) is 8.21. The van der Waals surface area contributed by atoms with Crippen LogP contribution in [0.25, 0.3) is 0 Å². The summed E-state index contributed by atoms with van der Waals surface area (Å²) < 4.78 is 0. The van der Waals surface area contributed by atoms with Crippen LogP contribution in [-0.4, -0.2) is 55.1 Å². The molecule has 1 aliphatic rings. The van der Waals surface area contributed by atoms with Gasteiger partial charge in [0.25, 0.3) is 0 Å². The Kier molecular flexibility index (Phi) is 6.95. The van der Waals surface area contributed by atoms with Crippen LogP contribution in [0.4, 0.5) is 4.79 Å². The third kappa shape index (κ3) is 6.86. The van der Waals surface area contributed by atoms with E-state index in [1.165, 1.54) is 0 Å². The number of piperazine rings is 1. The zero-order valence-corrected chi connectivity index (χ0v) is 13.0. The van der Waals surface area contributed by atoms with Crippen LogP contribution in [-0.2, 0) is 4.79 Å². The van der Waals surface area contributed by atoms with Crippen LogP contribution in [0.1, 0.15) is 34.1 Å². The van der Waals surface area contributed by atoms with Gasteiger partial charge in [0, 0.05) is 31.7 Å². The zero-order chi connectivity index (χ0) is 15.1. The highest BCUT2D eigenvalue weighted by molar-refractivity contribution is 5.95. The SMILES string of the molecule is CC(C)CCNC(=O)NC(=O)CN1CC(C)NC(C)C1. The van der Waals surface area contributed by atoms with E-state index in [4.69, 9.17) is 0 Å². The van der Waals surface area contributed by atoms with Crippen LogP contribution >= 0.6 is 0 Å². The molecule has 0 saturated carbocycles. The summed E-state index contributed by atoms with van der Waals surface area (Å²) in [6.07, 6.45) is 0.911.